The number of halogens is 2. The Balaban J connectivity index is 0.00000304. The van der Waals surface area contributed by atoms with Gasteiger partial charge in [0.05, 0.1) is 30.5 Å². The lowest BCUT2D eigenvalue weighted by molar-refractivity contribution is 0.00880. The van der Waals surface area contributed by atoms with E-state index in [-0.39, 0.29) is 36.3 Å². The molecule has 0 amide bonds. The van der Waals surface area contributed by atoms with Crippen LogP contribution in [0.15, 0.2) is 52.6 Å². The second kappa shape index (κ2) is 10.6. The summed E-state index contributed by atoms with van der Waals surface area (Å²) in [4.78, 5) is 29.4. The molecule has 2 atom stereocenters. The first-order valence-electron chi connectivity index (χ1n) is 11.5. The zero-order valence-electron chi connectivity index (χ0n) is 20.3. The zero-order valence-corrected chi connectivity index (χ0v) is 21.8. The molecule has 1 aliphatic heterocycles. The van der Waals surface area contributed by atoms with Gasteiger partial charge in [0.1, 0.15) is 6.33 Å². The molecule has 4 aromatic rings. The van der Waals surface area contributed by atoms with Crippen LogP contribution in [0.3, 0.4) is 0 Å². The molecule has 1 unspecified atom stereocenters. The minimum absolute atomic E-state index is 0. The summed E-state index contributed by atoms with van der Waals surface area (Å²) in [5.41, 5.74) is 4.65. The maximum atomic E-state index is 12.5. The predicted octanol–water partition coefficient (Wildman–Crippen LogP) is 2.61. The predicted molar refractivity (Wildman–Crippen MR) is 141 cm³/mol. The molecule has 4 heterocycles. The molecule has 1 aliphatic rings. The molecule has 36 heavy (non-hydrogen) atoms. The Kier molecular flexibility index (Phi) is 7.65. The smallest absolute Gasteiger partial charge is 0.331 e. The number of morpholine rings is 1. The fourth-order valence-corrected chi connectivity index (χ4v) is 4.84. The highest BCUT2D eigenvalue weighted by Gasteiger charge is 2.23. The van der Waals surface area contributed by atoms with Crippen LogP contribution in [0.25, 0.3) is 16.8 Å². The van der Waals surface area contributed by atoms with Gasteiger partial charge in [-0.15, -0.1) is 12.4 Å². The average Bonchev–Trinajstić information content (AvgIpc) is 3.25. The number of rotatable bonds is 5. The lowest BCUT2D eigenvalue weighted by Gasteiger charge is -2.29. The van der Waals surface area contributed by atoms with Crippen molar-refractivity contribution in [2.75, 3.05) is 13.2 Å². The summed E-state index contributed by atoms with van der Waals surface area (Å²) in [5, 5.41) is 8.46. The third-order valence-corrected chi connectivity index (χ3v) is 6.66. The van der Waals surface area contributed by atoms with E-state index in [1.807, 2.05) is 31.3 Å². The second-order valence-corrected chi connectivity index (χ2v) is 9.57. The van der Waals surface area contributed by atoms with Crippen molar-refractivity contribution in [3.63, 3.8) is 0 Å². The van der Waals surface area contributed by atoms with Gasteiger partial charge in [-0.1, -0.05) is 11.6 Å². The minimum atomic E-state index is -0.373. The van der Waals surface area contributed by atoms with Gasteiger partial charge in [0.15, 0.2) is 0 Å². The molecule has 190 valence electrons. The zero-order chi connectivity index (χ0) is 24.7. The molecule has 5 rings (SSSR count). The highest BCUT2D eigenvalue weighted by molar-refractivity contribution is 6.31. The first-order valence-corrected chi connectivity index (χ1v) is 11.9. The van der Waals surface area contributed by atoms with Crippen molar-refractivity contribution in [2.24, 2.45) is 7.05 Å². The van der Waals surface area contributed by atoms with Gasteiger partial charge in [0.2, 0.25) is 0 Å². The molecule has 0 saturated carbocycles. The van der Waals surface area contributed by atoms with Gasteiger partial charge in [0, 0.05) is 55.1 Å². The van der Waals surface area contributed by atoms with Crippen LogP contribution >= 0.6 is 24.0 Å². The number of nitrogens with zero attached hydrogens (tertiary/aromatic N) is 5. The van der Waals surface area contributed by atoms with E-state index in [4.69, 9.17) is 16.3 Å². The third-order valence-electron chi connectivity index (χ3n) is 6.44. The van der Waals surface area contributed by atoms with Gasteiger partial charge in [0.25, 0.3) is 5.56 Å². The highest BCUT2D eigenvalue weighted by atomic mass is 35.5. The number of ether oxygens (including phenoxy) is 1. The summed E-state index contributed by atoms with van der Waals surface area (Å²) >= 11 is 6.48. The molecule has 1 aromatic carbocycles. The van der Waals surface area contributed by atoms with Gasteiger partial charge >= 0.3 is 5.69 Å². The van der Waals surface area contributed by atoms with Crippen molar-refractivity contribution in [3.05, 3.63) is 85.5 Å². The maximum Gasteiger partial charge on any atom is 0.331 e. The molecule has 3 aromatic heterocycles. The third kappa shape index (κ3) is 5.10. The van der Waals surface area contributed by atoms with Crippen LogP contribution in [0.2, 0.25) is 5.02 Å². The number of aromatic nitrogens is 5. The molecule has 1 fully saturated rings. The molecule has 0 aliphatic carbocycles. The number of hydrogen-bond acceptors (Lipinski definition) is 6. The summed E-state index contributed by atoms with van der Waals surface area (Å²) in [6.45, 7) is 5.73. The molecule has 0 radical (unpaired) electrons. The lowest BCUT2D eigenvalue weighted by atomic mass is 9.93. The summed E-state index contributed by atoms with van der Waals surface area (Å²) in [6.07, 6.45) is 5.55. The van der Waals surface area contributed by atoms with Gasteiger partial charge < -0.3 is 14.6 Å². The first kappa shape index (κ1) is 26.1. The van der Waals surface area contributed by atoms with Crippen molar-refractivity contribution in [1.82, 2.24) is 29.0 Å². The van der Waals surface area contributed by atoms with Crippen LogP contribution in [0.4, 0.5) is 0 Å². The van der Waals surface area contributed by atoms with Gasteiger partial charge in [-0.25, -0.2) is 14.3 Å². The molecule has 0 bridgehead atoms. The fourth-order valence-electron chi connectivity index (χ4n) is 4.56. The van der Waals surface area contributed by atoms with E-state index in [0.29, 0.717) is 17.7 Å². The number of hydrogen-bond donors (Lipinski definition) is 1. The number of nitrogens with one attached hydrogen (secondary N) is 1. The first-order chi connectivity index (χ1) is 16.8. The van der Waals surface area contributed by atoms with Crippen molar-refractivity contribution < 1.29 is 4.74 Å². The Morgan fingerprint density at radius 1 is 1.25 bits per heavy atom. The highest BCUT2D eigenvalue weighted by Crippen LogP contribution is 2.33. The van der Waals surface area contributed by atoms with E-state index >= 15 is 0 Å². The lowest BCUT2D eigenvalue weighted by Crippen LogP contribution is -2.45. The Hall–Kier alpha value is -2.98. The summed E-state index contributed by atoms with van der Waals surface area (Å²) in [7, 11) is 1.62. The van der Waals surface area contributed by atoms with Gasteiger partial charge in [-0.05, 0) is 48.7 Å². The van der Waals surface area contributed by atoms with Crippen LogP contribution in [-0.2, 0) is 24.8 Å². The summed E-state index contributed by atoms with van der Waals surface area (Å²) in [6, 6.07) is 7.52. The fraction of sp³-hybridized carbons (Fsp3) is 0.360. The van der Waals surface area contributed by atoms with Crippen molar-refractivity contribution in [1.29, 1.82) is 0 Å². The van der Waals surface area contributed by atoms with Crippen LogP contribution in [0, 0.1) is 6.92 Å². The molecule has 9 nitrogen and oxygen atoms in total. The van der Waals surface area contributed by atoms with E-state index in [2.05, 4.69) is 22.3 Å². The second-order valence-electron chi connectivity index (χ2n) is 9.14. The van der Waals surface area contributed by atoms with Crippen molar-refractivity contribution >= 4 is 29.5 Å². The molecule has 11 heteroatoms. The average molecular weight is 531 g/mol. The van der Waals surface area contributed by atoms with Gasteiger partial charge in [-0.3, -0.25) is 9.36 Å². The van der Waals surface area contributed by atoms with E-state index in [9.17, 15) is 9.59 Å². The van der Waals surface area contributed by atoms with E-state index < -0.39 is 0 Å². The number of benzene rings is 1. The largest absolute Gasteiger partial charge is 0.375 e. The van der Waals surface area contributed by atoms with Crippen molar-refractivity contribution in [3.8, 4) is 11.3 Å². The quantitative estimate of drug-likeness (QED) is 0.426. The molecular formula is C25H28Cl2N6O3. The monoisotopic (exact) mass is 530 g/mol. The van der Waals surface area contributed by atoms with E-state index in [1.54, 1.807) is 11.6 Å². The Bertz CT molecular complexity index is 1520. The SMILES string of the molecule is Cc1cc(Cl)cc(-c2ncnn3cc(Cn4c(=O)ccn(C)c4=O)cc23)c1CC1CN[C@@H](C)CO1.Cl. The minimum Gasteiger partial charge on any atom is -0.375 e. The van der Waals surface area contributed by atoms with Crippen LogP contribution in [0.5, 0.6) is 0 Å². The Labute approximate surface area is 219 Å². The van der Waals surface area contributed by atoms with E-state index in [1.165, 1.54) is 27.7 Å². The molecular weight excluding hydrogens is 503 g/mol. The van der Waals surface area contributed by atoms with Crippen LogP contribution < -0.4 is 16.6 Å². The maximum absolute atomic E-state index is 12.5. The topological polar surface area (TPSA) is 95.5 Å². The summed E-state index contributed by atoms with van der Waals surface area (Å²) in [5.74, 6) is 0. The normalized spacial score (nSPS) is 17.8. The molecule has 1 N–H and O–H groups in total. The van der Waals surface area contributed by atoms with Crippen LogP contribution in [0.1, 0.15) is 23.6 Å². The standard InChI is InChI=1S/C25H27ClN6O3.ClH/c1-15-6-18(26)8-21(20(15)9-19-10-27-16(2)13-35-19)24-22-7-17(12-32(22)29-14-28-24)11-31-23(33)4-5-30(3)25(31)34;/h4-8,12,14,16,19,27H,9-11,13H2,1-3H3;1H/t16-,19?;/m0./s1. The van der Waals surface area contributed by atoms with Crippen molar-refractivity contribution in [2.45, 2.75) is 39.0 Å². The Morgan fingerprint density at radius 2 is 2.06 bits per heavy atom. The van der Waals surface area contributed by atoms with E-state index in [0.717, 1.165) is 46.4 Å². The molecule has 0 spiro atoms. The Morgan fingerprint density at radius 3 is 2.81 bits per heavy atom. The summed E-state index contributed by atoms with van der Waals surface area (Å²) < 4.78 is 10.4. The van der Waals surface area contributed by atoms with Crippen LogP contribution in [-0.4, -0.2) is 49.0 Å². The number of fused-ring (bicyclic) bond motifs is 1. The number of aryl methyl sites for hydroxylation is 2. The van der Waals surface area contributed by atoms with Gasteiger partial charge in [-0.2, -0.15) is 5.10 Å². The molecule has 1 saturated heterocycles.